The molecule has 0 radical (unpaired) electrons. The van der Waals surface area contributed by atoms with Crippen molar-refractivity contribution in [1.29, 1.82) is 0 Å². The minimum atomic E-state index is -3.47. The molecule has 11 heteroatoms. The molecular formula is C21H23N3O6S2. The van der Waals surface area contributed by atoms with E-state index in [9.17, 15) is 21.6 Å². The molecular weight excluding hydrogens is 454 g/mol. The molecule has 0 aliphatic carbocycles. The molecule has 0 atom stereocenters. The normalized spacial score (nSPS) is 12.1. The minimum absolute atomic E-state index is 0.00135. The van der Waals surface area contributed by atoms with Crippen LogP contribution in [0.15, 0.2) is 62.7 Å². The summed E-state index contributed by atoms with van der Waals surface area (Å²) in [6.07, 6.45) is -0.0215. The summed E-state index contributed by atoms with van der Waals surface area (Å²) in [5.74, 6) is -0.365. The van der Waals surface area contributed by atoms with E-state index in [0.29, 0.717) is 11.1 Å². The molecule has 3 aromatic rings. The van der Waals surface area contributed by atoms with Crippen LogP contribution in [0, 0.1) is 0 Å². The summed E-state index contributed by atoms with van der Waals surface area (Å²) in [4.78, 5) is 12.6. The molecule has 32 heavy (non-hydrogen) atoms. The second-order valence-corrected chi connectivity index (χ2v) is 12.1. The molecule has 0 spiro atoms. The lowest BCUT2D eigenvalue weighted by Gasteiger charge is -2.08. The molecule has 1 amide bonds. The molecule has 2 aromatic carbocycles. The molecule has 0 saturated heterocycles. The molecule has 0 unspecified atom stereocenters. The van der Waals surface area contributed by atoms with Crippen molar-refractivity contribution in [3.05, 3.63) is 54.1 Å². The van der Waals surface area contributed by atoms with E-state index in [2.05, 4.69) is 15.5 Å². The molecule has 1 heterocycles. The van der Waals surface area contributed by atoms with Crippen molar-refractivity contribution in [3.8, 4) is 11.5 Å². The van der Waals surface area contributed by atoms with Crippen LogP contribution in [0.5, 0.6) is 0 Å². The Labute approximate surface area is 186 Å². The van der Waals surface area contributed by atoms with Gasteiger partial charge in [0.05, 0.1) is 27.2 Å². The van der Waals surface area contributed by atoms with E-state index in [1.165, 1.54) is 24.3 Å². The Balaban J connectivity index is 1.70. The Hall–Kier alpha value is -3.05. The summed E-state index contributed by atoms with van der Waals surface area (Å²) in [5, 5.41) is 9.56. The number of carbonyl (C=O) groups excluding carboxylic acids is 1. The van der Waals surface area contributed by atoms with E-state index in [-0.39, 0.29) is 33.9 Å². The molecule has 0 saturated carbocycles. The SMILES string of the molecule is CCS(=O)(=O)c1ccc(CC(=O)Nc2nnc(-c3cccc(S(=O)(=O)C(C)C)c3)o2)cc1. The van der Waals surface area contributed by atoms with Crippen LogP contribution in [0.3, 0.4) is 0 Å². The van der Waals surface area contributed by atoms with Gasteiger partial charge in [-0.3, -0.25) is 10.1 Å². The highest BCUT2D eigenvalue weighted by Crippen LogP contribution is 2.25. The average molecular weight is 478 g/mol. The minimum Gasteiger partial charge on any atom is -0.403 e. The molecule has 0 fully saturated rings. The molecule has 1 aromatic heterocycles. The lowest BCUT2D eigenvalue weighted by molar-refractivity contribution is -0.115. The first-order valence-electron chi connectivity index (χ1n) is 9.82. The predicted molar refractivity (Wildman–Crippen MR) is 119 cm³/mol. The van der Waals surface area contributed by atoms with Crippen LogP contribution in [0.2, 0.25) is 0 Å². The Morgan fingerprint density at radius 2 is 1.69 bits per heavy atom. The third-order valence-electron chi connectivity index (χ3n) is 4.73. The maximum Gasteiger partial charge on any atom is 0.322 e. The molecule has 9 nitrogen and oxygen atoms in total. The highest BCUT2D eigenvalue weighted by atomic mass is 32.2. The lowest BCUT2D eigenvalue weighted by Crippen LogP contribution is -2.14. The predicted octanol–water partition coefficient (Wildman–Crippen LogP) is 2.89. The van der Waals surface area contributed by atoms with Crippen LogP contribution < -0.4 is 5.32 Å². The number of hydrogen-bond acceptors (Lipinski definition) is 8. The van der Waals surface area contributed by atoms with Gasteiger partial charge >= 0.3 is 6.01 Å². The van der Waals surface area contributed by atoms with Crippen molar-refractivity contribution in [2.45, 2.75) is 42.2 Å². The zero-order valence-corrected chi connectivity index (χ0v) is 19.4. The second kappa shape index (κ2) is 9.21. The molecule has 0 aliphatic rings. The fourth-order valence-electron chi connectivity index (χ4n) is 2.80. The van der Waals surface area contributed by atoms with E-state index in [1.54, 1.807) is 45.0 Å². The molecule has 3 rings (SSSR count). The van der Waals surface area contributed by atoms with Crippen molar-refractivity contribution in [3.63, 3.8) is 0 Å². The van der Waals surface area contributed by atoms with Gasteiger partial charge in [-0.15, -0.1) is 5.10 Å². The van der Waals surface area contributed by atoms with Crippen molar-refractivity contribution in [2.75, 3.05) is 11.1 Å². The van der Waals surface area contributed by atoms with Crippen molar-refractivity contribution >= 4 is 31.6 Å². The van der Waals surface area contributed by atoms with Gasteiger partial charge in [0.1, 0.15) is 0 Å². The molecule has 0 bridgehead atoms. The zero-order valence-electron chi connectivity index (χ0n) is 17.8. The van der Waals surface area contributed by atoms with E-state index in [0.717, 1.165) is 0 Å². The second-order valence-electron chi connectivity index (χ2n) is 7.31. The summed E-state index contributed by atoms with van der Waals surface area (Å²) in [5.41, 5.74) is 1.02. The molecule has 0 aliphatic heterocycles. The Morgan fingerprint density at radius 3 is 2.31 bits per heavy atom. The average Bonchev–Trinajstić information content (AvgIpc) is 3.22. The number of carbonyl (C=O) groups is 1. The molecule has 170 valence electrons. The number of nitrogens with one attached hydrogen (secondary N) is 1. The van der Waals surface area contributed by atoms with Crippen LogP contribution in [-0.2, 0) is 30.9 Å². The van der Waals surface area contributed by atoms with Gasteiger partial charge in [-0.05, 0) is 49.7 Å². The number of hydrogen-bond donors (Lipinski definition) is 1. The van der Waals surface area contributed by atoms with Crippen LogP contribution in [0.4, 0.5) is 6.01 Å². The number of sulfone groups is 2. The van der Waals surface area contributed by atoms with E-state index < -0.39 is 30.8 Å². The summed E-state index contributed by atoms with van der Waals surface area (Å²) < 4.78 is 53.9. The quantitative estimate of drug-likeness (QED) is 0.523. The van der Waals surface area contributed by atoms with Gasteiger partial charge in [0.25, 0.3) is 0 Å². The molecule has 1 N–H and O–H groups in total. The highest BCUT2D eigenvalue weighted by molar-refractivity contribution is 7.92. The van der Waals surface area contributed by atoms with E-state index >= 15 is 0 Å². The van der Waals surface area contributed by atoms with Crippen LogP contribution in [-0.4, -0.2) is 43.9 Å². The monoisotopic (exact) mass is 477 g/mol. The number of benzene rings is 2. The first kappa shape index (κ1) is 23.6. The summed E-state index contributed by atoms with van der Waals surface area (Å²) in [6.45, 7) is 4.76. The first-order valence-corrected chi connectivity index (χ1v) is 13.0. The van der Waals surface area contributed by atoms with Gasteiger partial charge in [-0.1, -0.05) is 30.2 Å². The third-order valence-corrected chi connectivity index (χ3v) is 8.63. The summed E-state index contributed by atoms with van der Waals surface area (Å²) >= 11 is 0. The van der Waals surface area contributed by atoms with Gasteiger partial charge in [0.2, 0.25) is 11.8 Å². The Bertz CT molecular complexity index is 1330. The fourth-order valence-corrected chi connectivity index (χ4v) is 4.79. The van der Waals surface area contributed by atoms with Gasteiger partial charge < -0.3 is 4.42 Å². The van der Waals surface area contributed by atoms with Crippen molar-refractivity contribution in [2.24, 2.45) is 0 Å². The van der Waals surface area contributed by atoms with Crippen LogP contribution in [0.25, 0.3) is 11.5 Å². The fraction of sp³-hybridized carbons (Fsp3) is 0.286. The topological polar surface area (TPSA) is 136 Å². The smallest absolute Gasteiger partial charge is 0.322 e. The zero-order chi connectivity index (χ0) is 23.5. The highest BCUT2D eigenvalue weighted by Gasteiger charge is 2.21. The van der Waals surface area contributed by atoms with Crippen molar-refractivity contribution < 1.29 is 26.0 Å². The lowest BCUT2D eigenvalue weighted by atomic mass is 10.1. The summed E-state index contributed by atoms with van der Waals surface area (Å²) in [7, 11) is -6.77. The van der Waals surface area contributed by atoms with Crippen LogP contribution >= 0.6 is 0 Å². The Morgan fingerprint density at radius 1 is 1.00 bits per heavy atom. The largest absolute Gasteiger partial charge is 0.403 e. The van der Waals surface area contributed by atoms with Gasteiger partial charge in [0.15, 0.2) is 19.7 Å². The van der Waals surface area contributed by atoms with Gasteiger partial charge in [-0.25, -0.2) is 16.8 Å². The van der Waals surface area contributed by atoms with Crippen LogP contribution in [0.1, 0.15) is 26.3 Å². The summed E-state index contributed by atoms with van der Waals surface area (Å²) in [6, 6.07) is 12.1. The van der Waals surface area contributed by atoms with E-state index in [1.807, 2.05) is 0 Å². The number of rotatable bonds is 8. The third kappa shape index (κ3) is 5.22. The van der Waals surface area contributed by atoms with E-state index in [4.69, 9.17) is 4.42 Å². The number of anilines is 1. The number of amides is 1. The number of nitrogens with zero attached hydrogens (tertiary/aromatic N) is 2. The van der Waals surface area contributed by atoms with Gasteiger partial charge in [0, 0.05) is 5.56 Å². The first-order chi connectivity index (χ1) is 15.0. The maximum atomic E-state index is 12.4. The number of aromatic nitrogens is 2. The van der Waals surface area contributed by atoms with Crippen molar-refractivity contribution in [1.82, 2.24) is 10.2 Å². The maximum absolute atomic E-state index is 12.4. The standard InChI is InChI=1S/C21H23N3O6S2/c1-4-31(26,27)17-10-8-15(9-11-17)12-19(25)22-21-24-23-20(30-21)16-6-5-7-18(13-16)32(28,29)14(2)3/h5-11,13-14H,4,12H2,1-3H3,(H,22,24,25). The Kier molecular flexibility index (Phi) is 6.79. The van der Waals surface area contributed by atoms with Gasteiger partial charge in [-0.2, -0.15) is 0 Å².